The van der Waals surface area contributed by atoms with Crippen molar-refractivity contribution in [3.8, 4) is 17.2 Å². The number of methoxy groups -OCH3 is 2. The van der Waals surface area contributed by atoms with Crippen LogP contribution in [0.2, 0.25) is 5.02 Å². The van der Waals surface area contributed by atoms with Crippen LogP contribution >= 0.6 is 55.7 Å². The van der Waals surface area contributed by atoms with Crippen molar-refractivity contribution in [1.82, 2.24) is 5.43 Å². The molecule has 2 rings (SSSR count). The Labute approximate surface area is 177 Å². The molecule has 0 spiro atoms. The first-order valence-electron chi connectivity index (χ1n) is 7.05. The van der Waals surface area contributed by atoms with Gasteiger partial charge >= 0.3 is 0 Å². The second-order valence-electron chi connectivity index (χ2n) is 4.84. The third-order valence-electron chi connectivity index (χ3n) is 3.15. The minimum atomic E-state index is 0.0711. The van der Waals surface area contributed by atoms with Gasteiger partial charge in [0.25, 0.3) is 0 Å². The smallest absolute Gasteiger partial charge is 0.191 e. The van der Waals surface area contributed by atoms with E-state index < -0.39 is 0 Å². The number of nitrogens with zero attached hydrogens (tertiary/aromatic N) is 1. The molecule has 0 unspecified atom stereocenters. The Hall–Kier alpha value is -1.55. The average Bonchev–Trinajstić information content (AvgIpc) is 2.60. The Morgan fingerprint density at radius 3 is 2.54 bits per heavy atom. The summed E-state index contributed by atoms with van der Waals surface area (Å²) in [6, 6.07) is 6.73. The predicted molar refractivity (Wildman–Crippen MR) is 115 cm³/mol. The molecule has 0 atom stereocenters. The fourth-order valence-corrected chi connectivity index (χ4v) is 3.60. The molecule has 0 saturated heterocycles. The van der Waals surface area contributed by atoms with Crippen LogP contribution in [-0.2, 0) is 0 Å². The summed E-state index contributed by atoms with van der Waals surface area (Å²) < 4.78 is 11.8. The van der Waals surface area contributed by atoms with Gasteiger partial charge in [-0.15, -0.1) is 0 Å². The molecule has 2 aromatic rings. The Morgan fingerprint density at radius 2 is 1.88 bits per heavy atom. The van der Waals surface area contributed by atoms with Crippen LogP contribution in [0.1, 0.15) is 5.56 Å². The maximum atomic E-state index is 10.00. The molecule has 0 aliphatic heterocycles. The molecule has 0 aromatic heterocycles. The van der Waals surface area contributed by atoms with Crippen molar-refractivity contribution in [1.29, 1.82) is 0 Å². The summed E-state index contributed by atoms with van der Waals surface area (Å²) in [5.41, 5.74) is 3.74. The van der Waals surface area contributed by atoms with Crippen LogP contribution in [0.3, 0.4) is 0 Å². The number of nitrogens with one attached hydrogen (secondary N) is 2. The molecular weight excluding hydrogens is 510 g/mol. The van der Waals surface area contributed by atoms with Gasteiger partial charge in [-0.2, -0.15) is 5.10 Å². The highest BCUT2D eigenvalue weighted by molar-refractivity contribution is 9.11. The molecule has 0 aliphatic rings. The lowest BCUT2D eigenvalue weighted by atomic mass is 10.2. The third kappa shape index (κ3) is 5.23. The van der Waals surface area contributed by atoms with Gasteiger partial charge < -0.3 is 19.9 Å². The number of thiocarbonyl (C=S) groups is 1. The highest BCUT2D eigenvalue weighted by Crippen LogP contribution is 2.35. The molecule has 0 bridgehead atoms. The first-order valence-corrected chi connectivity index (χ1v) is 9.42. The molecular formula is C16H14Br2ClN3O3S. The van der Waals surface area contributed by atoms with E-state index in [1.54, 1.807) is 24.3 Å². The standard InChI is InChI=1S/C16H14Br2ClN3O3S/c1-24-13-6-12(14(25-2)5-11(13)19)21-16(26)22-20-7-8-3-9(17)4-10(18)15(8)23/h3-7,23H,1-2H3,(H2,21,22,26). The van der Waals surface area contributed by atoms with Gasteiger partial charge in [-0.25, -0.2) is 0 Å². The third-order valence-corrected chi connectivity index (χ3v) is 4.70. The van der Waals surface area contributed by atoms with Gasteiger partial charge in [0.15, 0.2) is 5.11 Å². The zero-order chi connectivity index (χ0) is 19.3. The summed E-state index contributed by atoms with van der Waals surface area (Å²) in [7, 11) is 3.03. The number of anilines is 1. The zero-order valence-electron chi connectivity index (χ0n) is 13.6. The number of halogens is 3. The minimum Gasteiger partial charge on any atom is -0.506 e. The summed E-state index contributed by atoms with van der Waals surface area (Å²) >= 11 is 17.9. The SMILES string of the molecule is COc1cc(NC(=S)NN=Cc2cc(Br)cc(Br)c2O)c(OC)cc1Cl. The first-order chi connectivity index (χ1) is 12.3. The highest BCUT2D eigenvalue weighted by Gasteiger charge is 2.11. The van der Waals surface area contributed by atoms with Crippen LogP contribution in [0.15, 0.2) is 38.3 Å². The molecule has 0 radical (unpaired) electrons. The number of benzene rings is 2. The van der Waals surface area contributed by atoms with E-state index in [0.717, 1.165) is 4.47 Å². The lowest BCUT2D eigenvalue weighted by Crippen LogP contribution is -2.24. The summed E-state index contributed by atoms with van der Waals surface area (Å²) in [6.45, 7) is 0. The minimum absolute atomic E-state index is 0.0711. The van der Waals surface area contributed by atoms with Crippen molar-refractivity contribution in [2.75, 3.05) is 19.5 Å². The van der Waals surface area contributed by atoms with E-state index in [9.17, 15) is 5.11 Å². The second kappa shape index (κ2) is 9.40. The molecule has 0 amide bonds. The van der Waals surface area contributed by atoms with Crippen LogP contribution < -0.4 is 20.2 Å². The van der Waals surface area contributed by atoms with Gasteiger partial charge in [-0.3, -0.25) is 5.43 Å². The Balaban J connectivity index is 2.10. The van der Waals surface area contributed by atoms with Crippen molar-refractivity contribution in [3.05, 3.63) is 43.8 Å². The first kappa shape index (κ1) is 20.8. The predicted octanol–water partition coefficient (Wildman–Crippen LogP) is 4.91. The Bertz CT molecular complexity index is 865. The van der Waals surface area contributed by atoms with E-state index in [4.69, 9.17) is 33.3 Å². The van der Waals surface area contributed by atoms with Crippen molar-refractivity contribution < 1.29 is 14.6 Å². The normalized spacial score (nSPS) is 10.7. The van der Waals surface area contributed by atoms with E-state index in [-0.39, 0.29) is 10.9 Å². The number of phenols is 1. The van der Waals surface area contributed by atoms with E-state index in [1.807, 2.05) is 0 Å². The van der Waals surface area contributed by atoms with Crippen LogP contribution in [0.4, 0.5) is 5.69 Å². The van der Waals surface area contributed by atoms with Crippen molar-refractivity contribution in [2.24, 2.45) is 5.10 Å². The fraction of sp³-hybridized carbons (Fsp3) is 0.125. The zero-order valence-corrected chi connectivity index (χ0v) is 18.4. The monoisotopic (exact) mass is 521 g/mol. The number of hydrogen-bond donors (Lipinski definition) is 3. The maximum absolute atomic E-state index is 10.00. The van der Waals surface area contributed by atoms with Crippen molar-refractivity contribution in [2.45, 2.75) is 0 Å². The number of rotatable bonds is 5. The van der Waals surface area contributed by atoms with Crippen molar-refractivity contribution >= 4 is 72.7 Å². The van der Waals surface area contributed by atoms with Crippen LogP contribution in [0.5, 0.6) is 17.2 Å². The largest absolute Gasteiger partial charge is 0.506 e. The summed E-state index contributed by atoms with van der Waals surface area (Å²) in [6.07, 6.45) is 1.44. The average molecular weight is 524 g/mol. The van der Waals surface area contributed by atoms with Gasteiger partial charge in [-0.1, -0.05) is 27.5 Å². The number of hydrogen-bond acceptors (Lipinski definition) is 5. The van der Waals surface area contributed by atoms with Crippen molar-refractivity contribution in [3.63, 3.8) is 0 Å². The second-order valence-corrected chi connectivity index (χ2v) is 7.42. The van der Waals surface area contributed by atoms with Gasteiger partial charge in [0.2, 0.25) is 0 Å². The van der Waals surface area contributed by atoms with Crippen LogP contribution in [0.25, 0.3) is 0 Å². The number of aromatic hydroxyl groups is 1. The van der Waals surface area contributed by atoms with Gasteiger partial charge in [0, 0.05) is 22.2 Å². The summed E-state index contributed by atoms with van der Waals surface area (Å²) in [5, 5.41) is 17.6. The molecule has 0 aliphatic carbocycles. The number of ether oxygens (including phenoxy) is 2. The topological polar surface area (TPSA) is 75.1 Å². The number of hydrazone groups is 1. The quantitative estimate of drug-likeness (QED) is 0.294. The van der Waals surface area contributed by atoms with Crippen LogP contribution in [-0.4, -0.2) is 30.7 Å². The fourth-order valence-electron chi connectivity index (χ4n) is 1.95. The Morgan fingerprint density at radius 1 is 1.19 bits per heavy atom. The Kier molecular flexibility index (Phi) is 7.51. The molecule has 0 heterocycles. The molecule has 2 aromatic carbocycles. The van der Waals surface area contributed by atoms with E-state index in [0.29, 0.717) is 32.2 Å². The van der Waals surface area contributed by atoms with E-state index in [1.165, 1.54) is 20.4 Å². The van der Waals surface area contributed by atoms with Crippen LogP contribution in [0, 0.1) is 0 Å². The molecule has 6 nitrogen and oxygen atoms in total. The molecule has 3 N–H and O–H groups in total. The maximum Gasteiger partial charge on any atom is 0.191 e. The summed E-state index contributed by atoms with van der Waals surface area (Å²) in [5.74, 6) is 1.05. The van der Waals surface area contributed by atoms with E-state index >= 15 is 0 Å². The molecule has 138 valence electrons. The van der Waals surface area contributed by atoms with Gasteiger partial charge in [0.05, 0.1) is 35.6 Å². The highest BCUT2D eigenvalue weighted by atomic mass is 79.9. The molecule has 0 saturated carbocycles. The lowest BCUT2D eigenvalue weighted by molar-refractivity contribution is 0.405. The molecule has 0 fully saturated rings. The number of phenolic OH excluding ortho intramolecular Hbond substituents is 1. The lowest BCUT2D eigenvalue weighted by Gasteiger charge is -2.14. The summed E-state index contributed by atoms with van der Waals surface area (Å²) in [4.78, 5) is 0. The molecule has 10 heteroatoms. The van der Waals surface area contributed by atoms with Gasteiger partial charge in [-0.05, 0) is 40.3 Å². The molecule has 26 heavy (non-hydrogen) atoms. The van der Waals surface area contributed by atoms with E-state index in [2.05, 4.69) is 47.7 Å². The van der Waals surface area contributed by atoms with Gasteiger partial charge in [0.1, 0.15) is 17.2 Å².